The maximum atomic E-state index is 13.4. The van der Waals surface area contributed by atoms with Crippen molar-refractivity contribution in [2.45, 2.75) is 48.4 Å². The number of oxime groups is 1. The standard InChI is InChI=1S/C21H21FN2O4S/c22-15-5-3-4-14(12-15)19-13-20(28-24-19)21(25)23-16-8-10-18(11-9-16)29(26,27)17-6-1-2-7-17/h3-5,8-12,17,20H,1-2,6-7,13H2,(H,23,25). The number of nitrogens with one attached hydrogen (secondary N) is 1. The number of benzene rings is 2. The Bertz CT molecular complexity index is 1040. The van der Waals surface area contributed by atoms with E-state index in [1.54, 1.807) is 24.3 Å². The second kappa shape index (κ2) is 7.94. The first-order valence-corrected chi connectivity index (χ1v) is 11.1. The lowest BCUT2D eigenvalue weighted by atomic mass is 10.0. The SMILES string of the molecule is O=C(Nc1ccc(S(=O)(=O)C2CCCC2)cc1)C1CC(c2cccc(F)c2)=NO1. The lowest BCUT2D eigenvalue weighted by Crippen LogP contribution is -2.28. The molecular weight excluding hydrogens is 395 g/mol. The van der Waals surface area contributed by atoms with Gasteiger partial charge in [-0.15, -0.1) is 0 Å². The minimum absolute atomic E-state index is 0.226. The Balaban J connectivity index is 1.38. The average molecular weight is 416 g/mol. The summed E-state index contributed by atoms with van der Waals surface area (Å²) < 4.78 is 38.6. The van der Waals surface area contributed by atoms with Gasteiger partial charge >= 0.3 is 0 Å². The molecule has 6 nitrogen and oxygen atoms in total. The first-order chi connectivity index (χ1) is 13.9. The van der Waals surface area contributed by atoms with E-state index in [1.807, 2.05) is 0 Å². The molecule has 2 aromatic rings. The highest BCUT2D eigenvalue weighted by Crippen LogP contribution is 2.30. The lowest BCUT2D eigenvalue weighted by Gasteiger charge is -2.13. The van der Waals surface area contributed by atoms with E-state index >= 15 is 0 Å². The first-order valence-electron chi connectivity index (χ1n) is 9.57. The van der Waals surface area contributed by atoms with Crippen LogP contribution in [0.15, 0.2) is 58.6 Å². The largest absolute Gasteiger partial charge is 0.382 e. The second-order valence-corrected chi connectivity index (χ2v) is 9.54. The summed E-state index contributed by atoms with van der Waals surface area (Å²) in [4.78, 5) is 17.9. The Morgan fingerprint density at radius 2 is 1.83 bits per heavy atom. The van der Waals surface area contributed by atoms with Crippen LogP contribution in [0.4, 0.5) is 10.1 Å². The van der Waals surface area contributed by atoms with Crippen molar-refractivity contribution in [1.29, 1.82) is 0 Å². The fourth-order valence-corrected chi connectivity index (χ4v) is 5.55. The molecule has 2 aliphatic rings. The van der Waals surface area contributed by atoms with Crippen LogP contribution in [0.1, 0.15) is 37.7 Å². The second-order valence-electron chi connectivity index (χ2n) is 7.31. The van der Waals surface area contributed by atoms with Gasteiger partial charge in [0.05, 0.1) is 15.9 Å². The van der Waals surface area contributed by atoms with Crippen LogP contribution in [0, 0.1) is 5.82 Å². The molecule has 1 N–H and O–H groups in total. The molecule has 1 aliphatic carbocycles. The highest BCUT2D eigenvalue weighted by atomic mass is 32.2. The normalized spacial score (nSPS) is 19.6. The van der Waals surface area contributed by atoms with E-state index in [2.05, 4.69) is 10.5 Å². The molecule has 1 saturated carbocycles. The van der Waals surface area contributed by atoms with E-state index < -0.39 is 21.8 Å². The Morgan fingerprint density at radius 3 is 2.52 bits per heavy atom. The molecule has 4 rings (SSSR count). The Morgan fingerprint density at radius 1 is 1.10 bits per heavy atom. The van der Waals surface area contributed by atoms with Crippen molar-refractivity contribution < 1.29 is 22.4 Å². The maximum absolute atomic E-state index is 13.4. The Labute approximate surface area is 168 Å². The number of rotatable bonds is 5. The van der Waals surface area contributed by atoms with E-state index in [0.717, 1.165) is 12.8 Å². The molecule has 0 spiro atoms. The molecule has 1 heterocycles. The van der Waals surface area contributed by atoms with Gasteiger partial charge in [0.1, 0.15) is 5.82 Å². The minimum Gasteiger partial charge on any atom is -0.382 e. The van der Waals surface area contributed by atoms with E-state index in [4.69, 9.17) is 4.84 Å². The third-order valence-electron chi connectivity index (χ3n) is 5.31. The molecule has 1 aliphatic heterocycles. The van der Waals surface area contributed by atoms with Crippen molar-refractivity contribution >= 4 is 27.1 Å². The molecule has 0 radical (unpaired) electrons. The monoisotopic (exact) mass is 416 g/mol. The molecule has 8 heteroatoms. The molecule has 0 saturated heterocycles. The molecule has 2 aromatic carbocycles. The van der Waals surface area contributed by atoms with Gasteiger partial charge in [-0.05, 0) is 49.2 Å². The van der Waals surface area contributed by atoms with E-state index in [0.29, 0.717) is 29.8 Å². The van der Waals surface area contributed by atoms with Crippen LogP contribution >= 0.6 is 0 Å². The van der Waals surface area contributed by atoms with Gasteiger partial charge in [-0.2, -0.15) is 0 Å². The number of hydrogen-bond donors (Lipinski definition) is 1. The number of amides is 1. The Hall–Kier alpha value is -2.74. The van der Waals surface area contributed by atoms with Crippen LogP contribution in [-0.2, 0) is 19.5 Å². The van der Waals surface area contributed by atoms with Gasteiger partial charge < -0.3 is 10.2 Å². The molecule has 29 heavy (non-hydrogen) atoms. The number of sulfone groups is 1. The number of carbonyl (C=O) groups excluding carboxylic acids is 1. The summed E-state index contributed by atoms with van der Waals surface area (Å²) in [6, 6.07) is 12.1. The van der Waals surface area contributed by atoms with Crippen molar-refractivity contribution in [1.82, 2.24) is 0 Å². The van der Waals surface area contributed by atoms with Crippen LogP contribution in [0.2, 0.25) is 0 Å². The van der Waals surface area contributed by atoms with Gasteiger partial charge in [0.25, 0.3) is 5.91 Å². The number of anilines is 1. The zero-order chi connectivity index (χ0) is 20.4. The first kappa shape index (κ1) is 19.6. The average Bonchev–Trinajstić information content (AvgIpc) is 3.41. The minimum atomic E-state index is -3.33. The summed E-state index contributed by atoms with van der Waals surface area (Å²) in [6.07, 6.45) is 2.69. The zero-order valence-electron chi connectivity index (χ0n) is 15.7. The predicted octanol–water partition coefficient (Wildman–Crippen LogP) is 3.67. The fourth-order valence-electron chi connectivity index (χ4n) is 3.70. The molecule has 1 atom stereocenters. The highest BCUT2D eigenvalue weighted by Gasteiger charge is 2.31. The van der Waals surface area contributed by atoms with Gasteiger partial charge in [0, 0.05) is 17.7 Å². The van der Waals surface area contributed by atoms with E-state index in [-0.39, 0.29) is 22.4 Å². The van der Waals surface area contributed by atoms with Gasteiger partial charge in [-0.3, -0.25) is 4.79 Å². The van der Waals surface area contributed by atoms with E-state index in [1.165, 1.54) is 24.3 Å². The summed E-state index contributed by atoms with van der Waals surface area (Å²) in [5, 5.41) is 6.29. The lowest BCUT2D eigenvalue weighted by molar-refractivity contribution is -0.125. The maximum Gasteiger partial charge on any atom is 0.268 e. The number of nitrogens with zero attached hydrogens (tertiary/aromatic N) is 1. The predicted molar refractivity (Wildman–Crippen MR) is 107 cm³/mol. The number of halogens is 1. The highest BCUT2D eigenvalue weighted by molar-refractivity contribution is 7.92. The molecule has 1 fully saturated rings. The molecule has 1 unspecified atom stereocenters. The molecular formula is C21H21FN2O4S. The summed E-state index contributed by atoms with van der Waals surface area (Å²) in [6.45, 7) is 0. The molecule has 1 amide bonds. The van der Waals surface area contributed by atoms with Crippen molar-refractivity contribution in [3.8, 4) is 0 Å². The summed E-state index contributed by atoms with van der Waals surface area (Å²) in [7, 11) is -3.33. The van der Waals surface area contributed by atoms with Gasteiger partial charge in [-0.1, -0.05) is 30.1 Å². The van der Waals surface area contributed by atoms with Crippen LogP contribution in [0.3, 0.4) is 0 Å². The van der Waals surface area contributed by atoms with Crippen molar-refractivity contribution in [3.63, 3.8) is 0 Å². The molecule has 0 aromatic heterocycles. The van der Waals surface area contributed by atoms with Crippen LogP contribution < -0.4 is 5.32 Å². The number of hydrogen-bond acceptors (Lipinski definition) is 5. The number of carbonyl (C=O) groups is 1. The Kier molecular flexibility index (Phi) is 5.36. The molecule has 152 valence electrons. The topological polar surface area (TPSA) is 84.8 Å². The van der Waals surface area contributed by atoms with E-state index in [9.17, 15) is 17.6 Å². The third kappa shape index (κ3) is 4.17. The quantitative estimate of drug-likeness (QED) is 0.806. The van der Waals surface area contributed by atoms with Crippen molar-refractivity contribution in [2.75, 3.05) is 5.32 Å². The van der Waals surface area contributed by atoms with Gasteiger partial charge in [-0.25, -0.2) is 12.8 Å². The summed E-state index contributed by atoms with van der Waals surface area (Å²) in [5.41, 5.74) is 1.55. The van der Waals surface area contributed by atoms with Crippen LogP contribution in [0.5, 0.6) is 0 Å². The van der Waals surface area contributed by atoms with Crippen molar-refractivity contribution in [2.24, 2.45) is 5.16 Å². The van der Waals surface area contributed by atoms with Gasteiger partial charge in [0.15, 0.2) is 9.84 Å². The zero-order valence-corrected chi connectivity index (χ0v) is 16.5. The van der Waals surface area contributed by atoms with Gasteiger partial charge in [0.2, 0.25) is 6.10 Å². The summed E-state index contributed by atoms with van der Waals surface area (Å²) in [5.74, 6) is -0.780. The fraction of sp³-hybridized carbons (Fsp3) is 0.333. The van der Waals surface area contributed by atoms with Crippen LogP contribution in [0.25, 0.3) is 0 Å². The smallest absolute Gasteiger partial charge is 0.268 e. The third-order valence-corrected chi connectivity index (χ3v) is 7.59. The summed E-state index contributed by atoms with van der Waals surface area (Å²) >= 11 is 0. The van der Waals surface area contributed by atoms with Crippen LogP contribution in [-0.4, -0.2) is 31.4 Å². The van der Waals surface area contributed by atoms with Crippen molar-refractivity contribution in [3.05, 3.63) is 59.9 Å². The molecule has 0 bridgehead atoms.